The number of rotatable bonds is 3. The van der Waals surface area contributed by atoms with E-state index >= 15 is 0 Å². The Balaban J connectivity index is 1.94. The van der Waals surface area contributed by atoms with E-state index in [-0.39, 0.29) is 11.7 Å². The molecule has 2 rings (SSSR count). The predicted molar refractivity (Wildman–Crippen MR) is 71.6 cm³/mol. The lowest BCUT2D eigenvalue weighted by Crippen LogP contribution is -2.45. The molecule has 5 nitrogen and oxygen atoms in total. The molecule has 0 aliphatic carbocycles. The van der Waals surface area contributed by atoms with Gasteiger partial charge in [-0.05, 0) is 37.5 Å². The maximum absolute atomic E-state index is 12.1. The van der Waals surface area contributed by atoms with E-state index in [9.17, 15) is 15.0 Å². The largest absolute Gasteiger partial charge is 0.508 e. The molecule has 1 aromatic carbocycles. The summed E-state index contributed by atoms with van der Waals surface area (Å²) in [6.07, 6.45) is 1.02. The number of phenols is 1. The fraction of sp³-hybridized carbons (Fsp3) is 0.500. The number of likely N-dealkylation sites (tertiary alicyclic amines) is 1. The maximum atomic E-state index is 12.1. The zero-order valence-electron chi connectivity index (χ0n) is 11.0. The lowest BCUT2D eigenvalue weighted by atomic mass is 10.1. The van der Waals surface area contributed by atoms with E-state index in [1.807, 2.05) is 0 Å². The highest BCUT2D eigenvalue weighted by Gasteiger charge is 2.35. The molecule has 1 aromatic rings. The SMILES string of the molecule is CC1(O)CCN(C(=O)C(N)Cc2ccc(O)cc2)C1. The average molecular weight is 264 g/mol. The molecule has 5 heteroatoms. The van der Waals surface area contributed by atoms with Gasteiger partial charge in [0.15, 0.2) is 0 Å². The first kappa shape index (κ1) is 13.8. The number of carbonyl (C=O) groups is 1. The van der Waals surface area contributed by atoms with Gasteiger partial charge in [-0.2, -0.15) is 0 Å². The molecular weight excluding hydrogens is 244 g/mol. The van der Waals surface area contributed by atoms with Crippen molar-refractivity contribution in [3.05, 3.63) is 29.8 Å². The molecule has 1 saturated heterocycles. The van der Waals surface area contributed by atoms with Gasteiger partial charge >= 0.3 is 0 Å². The molecule has 0 spiro atoms. The number of carbonyl (C=O) groups excluding carboxylic acids is 1. The monoisotopic (exact) mass is 264 g/mol. The van der Waals surface area contributed by atoms with Gasteiger partial charge in [-0.15, -0.1) is 0 Å². The molecule has 0 radical (unpaired) electrons. The number of nitrogens with two attached hydrogens (primary N) is 1. The Morgan fingerprint density at radius 1 is 1.47 bits per heavy atom. The van der Waals surface area contributed by atoms with Crippen molar-refractivity contribution >= 4 is 5.91 Å². The van der Waals surface area contributed by atoms with Crippen LogP contribution >= 0.6 is 0 Å². The Bertz CT molecular complexity index is 456. The minimum atomic E-state index is -0.798. The van der Waals surface area contributed by atoms with Crippen LogP contribution in [-0.4, -0.2) is 45.8 Å². The molecule has 2 unspecified atom stereocenters. The topological polar surface area (TPSA) is 86.8 Å². The highest BCUT2D eigenvalue weighted by Crippen LogP contribution is 2.21. The van der Waals surface area contributed by atoms with Gasteiger partial charge in [-0.3, -0.25) is 4.79 Å². The van der Waals surface area contributed by atoms with Crippen LogP contribution in [0.25, 0.3) is 0 Å². The Morgan fingerprint density at radius 3 is 2.63 bits per heavy atom. The standard InChI is InChI=1S/C14H20N2O3/c1-14(19)6-7-16(9-14)13(18)12(15)8-10-2-4-11(17)5-3-10/h2-5,12,17,19H,6-9,15H2,1H3. The van der Waals surface area contributed by atoms with Crippen LogP contribution in [-0.2, 0) is 11.2 Å². The quantitative estimate of drug-likeness (QED) is 0.730. The van der Waals surface area contributed by atoms with Crippen molar-refractivity contribution in [1.29, 1.82) is 0 Å². The van der Waals surface area contributed by atoms with Gasteiger partial charge in [0.05, 0.1) is 11.6 Å². The van der Waals surface area contributed by atoms with Crippen molar-refractivity contribution in [2.75, 3.05) is 13.1 Å². The molecule has 19 heavy (non-hydrogen) atoms. The number of aliphatic hydroxyl groups is 1. The van der Waals surface area contributed by atoms with Crippen molar-refractivity contribution in [2.45, 2.75) is 31.4 Å². The molecule has 2 atom stereocenters. The zero-order valence-corrected chi connectivity index (χ0v) is 11.0. The third kappa shape index (κ3) is 3.45. The van der Waals surface area contributed by atoms with E-state index in [0.29, 0.717) is 25.9 Å². The number of hydrogen-bond acceptors (Lipinski definition) is 4. The lowest BCUT2D eigenvalue weighted by molar-refractivity contribution is -0.132. The van der Waals surface area contributed by atoms with Crippen LogP contribution in [0.3, 0.4) is 0 Å². The Hall–Kier alpha value is -1.59. The summed E-state index contributed by atoms with van der Waals surface area (Å²) in [5, 5.41) is 19.0. The van der Waals surface area contributed by atoms with E-state index in [1.54, 1.807) is 36.1 Å². The number of nitrogens with zero attached hydrogens (tertiary/aromatic N) is 1. The summed E-state index contributed by atoms with van der Waals surface area (Å²) in [7, 11) is 0. The van der Waals surface area contributed by atoms with Crippen LogP contribution in [0.2, 0.25) is 0 Å². The first-order valence-corrected chi connectivity index (χ1v) is 6.42. The highest BCUT2D eigenvalue weighted by atomic mass is 16.3. The van der Waals surface area contributed by atoms with E-state index in [2.05, 4.69) is 0 Å². The third-order valence-electron chi connectivity index (χ3n) is 3.47. The summed E-state index contributed by atoms with van der Waals surface area (Å²) >= 11 is 0. The predicted octanol–water partition coefficient (Wildman–Crippen LogP) is 0.245. The van der Waals surface area contributed by atoms with E-state index in [1.165, 1.54) is 0 Å². The first-order valence-electron chi connectivity index (χ1n) is 6.42. The van der Waals surface area contributed by atoms with Gasteiger partial charge in [0.25, 0.3) is 0 Å². The second-order valence-electron chi connectivity index (χ2n) is 5.48. The smallest absolute Gasteiger partial charge is 0.239 e. The van der Waals surface area contributed by atoms with Gasteiger partial charge < -0.3 is 20.8 Å². The minimum Gasteiger partial charge on any atom is -0.508 e. The lowest BCUT2D eigenvalue weighted by Gasteiger charge is -2.22. The van der Waals surface area contributed by atoms with Crippen LogP contribution in [0.4, 0.5) is 0 Å². The highest BCUT2D eigenvalue weighted by molar-refractivity contribution is 5.82. The summed E-state index contributed by atoms with van der Waals surface area (Å²) in [5.74, 6) is 0.0603. The van der Waals surface area contributed by atoms with Gasteiger partial charge in [0.1, 0.15) is 5.75 Å². The van der Waals surface area contributed by atoms with Crippen molar-refractivity contribution < 1.29 is 15.0 Å². The van der Waals surface area contributed by atoms with Crippen LogP contribution in [0.5, 0.6) is 5.75 Å². The fourth-order valence-corrected chi connectivity index (χ4v) is 2.34. The third-order valence-corrected chi connectivity index (χ3v) is 3.47. The number of hydrogen-bond donors (Lipinski definition) is 3. The van der Waals surface area contributed by atoms with Crippen LogP contribution in [0.1, 0.15) is 18.9 Å². The Labute approximate surface area is 112 Å². The molecule has 1 aliphatic rings. The number of amides is 1. The summed E-state index contributed by atoms with van der Waals surface area (Å²) in [5.41, 5.74) is 6.03. The fourth-order valence-electron chi connectivity index (χ4n) is 2.34. The molecule has 1 fully saturated rings. The minimum absolute atomic E-state index is 0.133. The first-order chi connectivity index (χ1) is 8.87. The summed E-state index contributed by atoms with van der Waals surface area (Å²) in [4.78, 5) is 13.8. The van der Waals surface area contributed by atoms with Crippen molar-refractivity contribution in [2.24, 2.45) is 5.73 Å². The van der Waals surface area contributed by atoms with Crippen LogP contribution < -0.4 is 5.73 Å². The molecule has 1 heterocycles. The average Bonchev–Trinajstić information content (AvgIpc) is 2.71. The molecule has 0 bridgehead atoms. The maximum Gasteiger partial charge on any atom is 0.239 e. The second-order valence-corrected chi connectivity index (χ2v) is 5.48. The van der Waals surface area contributed by atoms with Gasteiger partial charge in [-0.1, -0.05) is 12.1 Å². The van der Waals surface area contributed by atoms with Gasteiger partial charge in [-0.25, -0.2) is 0 Å². The molecule has 1 aliphatic heterocycles. The molecule has 1 amide bonds. The van der Waals surface area contributed by atoms with Crippen molar-refractivity contribution in [3.63, 3.8) is 0 Å². The summed E-state index contributed by atoms with van der Waals surface area (Å²) < 4.78 is 0. The molecule has 0 aromatic heterocycles. The Morgan fingerprint density at radius 2 is 2.11 bits per heavy atom. The van der Waals surface area contributed by atoms with E-state index in [4.69, 9.17) is 5.73 Å². The van der Waals surface area contributed by atoms with Crippen LogP contribution in [0, 0.1) is 0 Å². The zero-order chi connectivity index (χ0) is 14.0. The van der Waals surface area contributed by atoms with Gasteiger partial charge in [0.2, 0.25) is 5.91 Å². The number of phenolic OH excluding ortho intramolecular Hbond substituents is 1. The molecule has 0 saturated carbocycles. The number of aromatic hydroxyl groups is 1. The van der Waals surface area contributed by atoms with Crippen molar-refractivity contribution in [3.8, 4) is 5.75 Å². The summed E-state index contributed by atoms with van der Waals surface area (Å²) in [6, 6.07) is 6.05. The number of benzene rings is 1. The van der Waals surface area contributed by atoms with E-state index < -0.39 is 11.6 Å². The van der Waals surface area contributed by atoms with Crippen LogP contribution in [0.15, 0.2) is 24.3 Å². The van der Waals surface area contributed by atoms with E-state index in [0.717, 1.165) is 5.56 Å². The normalized spacial score (nSPS) is 24.5. The number of β-amino-alcohol motifs (C(OH)–C–C–N with tert-alkyl or cyclic N) is 1. The molecule has 4 N–H and O–H groups in total. The summed E-state index contributed by atoms with van der Waals surface area (Å²) in [6.45, 7) is 2.62. The Kier molecular flexibility index (Phi) is 3.78. The second kappa shape index (κ2) is 5.19. The molecule has 104 valence electrons. The van der Waals surface area contributed by atoms with Gasteiger partial charge in [0, 0.05) is 13.1 Å². The van der Waals surface area contributed by atoms with Crippen molar-refractivity contribution in [1.82, 2.24) is 4.90 Å². The molecular formula is C14H20N2O3.